The van der Waals surface area contributed by atoms with E-state index in [1.165, 1.54) is 4.90 Å². The summed E-state index contributed by atoms with van der Waals surface area (Å²) in [5.74, 6) is -1.44. The van der Waals surface area contributed by atoms with E-state index in [0.717, 1.165) is 47.1 Å². The van der Waals surface area contributed by atoms with Crippen LogP contribution < -0.4 is 5.32 Å². The van der Waals surface area contributed by atoms with Gasteiger partial charge in [-0.1, -0.05) is 78.9 Å². The number of nitrogens with zero attached hydrogens (tertiary/aromatic N) is 1. The Labute approximate surface area is 227 Å². The molecule has 0 aliphatic heterocycles. The fourth-order valence-corrected chi connectivity index (χ4v) is 7.02. The standard InChI is InChI=1S/C32H32N2O5/c35-28(36)18-34(17-20-8-2-1-3-9-20)31(37)29-21-14-15-22(16-21)30(29)33-32(38)39-19-27-25-12-6-4-10-23(25)24-11-5-7-13-26(24)27/h1-13,21-22,27,29-30H,14-19H2,(H,33,38)(H,35,36). The summed E-state index contributed by atoms with van der Waals surface area (Å²) < 4.78 is 5.79. The van der Waals surface area contributed by atoms with Crippen molar-refractivity contribution in [2.45, 2.75) is 37.8 Å². The molecule has 7 nitrogen and oxygen atoms in total. The van der Waals surface area contributed by atoms with Crippen molar-refractivity contribution < 1.29 is 24.2 Å². The van der Waals surface area contributed by atoms with Crippen molar-refractivity contribution in [2.24, 2.45) is 17.8 Å². The number of rotatable bonds is 8. The number of carboxylic acid groups (broad SMARTS) is 1. The van der Waals surface area contributed by atoms with Crippen molar-refractivity contribution >= 4 is 18.0 Å². The second-order valence-electron chi connectivity index (χ2n) is 10.9. The average Bonchev–Trinajstić information content (AvgIpc) is 3.64. The summed E-state index contributed by atoms with van der Waals surface area (Å²) in [5.41, 5.74) is 5.49. The first-order valence-corrected chi connectivity index (χ1v) is 13.7. The Balaban J connectivity index is 1.15. The fraction of sp³-hybridized carbons (Fsp3) is 0.344. The number of amides is 2. The first kappa shape index (κ1) is 25.2. The Morgan fingerprint density at radius 3 is 2.13 bits per heavy atom. The van der Waals surface area contributed by atoms with Crippen molar-refractivity contribution in [1.29, 1.82) is 0 Å². The lowest BCUT2D eigenvalue weighted by molar-refractivity contribution is -0.148. The number of fused-ring (bicyclic) bond motifs is 5. The topological polar surface area (TPSA) is 95.9 Å². The summed E-state index contributed by atoms with van der Waals surface area (Å²) in [7, 11) is 0. The van der Waals surface area contributed by atoms with Crippen molar-refractivity contribution in [3.8, 4) is 11.1 Å². The second-order valence-corrected chi connectivity index (χ2v) is 10.9. The van der Waals surface area contributed by atoms with Gasteiger partial charge in [-0.25, -0.2) is 4.79 Å². The highest BCUT2D eigenvalue weighted by Crippen LogP contribution is 2.49. The van der Waals surface area contributed by atoms with Crippen LogP contribution in [0.4, 0.5) is 4.79 Å². The van der Waals surface area contributed by atoms with Crippen molar-refractivity contribution in [3.63, 3.8) is 0 Å². The van der Waals surface area contributed by atoms with Crippen LogP contribution in [0.15, 0.2) is 78.9 Å². The van der Waals surface area contributed by atoms with Crippen LogP contribution in [-0.4, -0.2) is 47.2 Å². The van der Waals surface area contributed by atoms with E-state index in [-0.39, 0.29) is 49.4 Å². The third-order valence-electron chi connectivity index (χ3n) is 8.68. The van der Waals surface area contributed by atoms with Crippen molar-refractivity contribution in [1.82, 2.24) is 10.2 Å². The minimum absolute atomic E-state index is 0.0439. The van der Waals surface area contributed by atoms with Gasteiger partial charge < -0.3 is 20.1 Å². The molecule has 2 N–H and O–H groups in total. The van der Waals surface area contributed by atoms with Gasteiger partial charge in [-0.3, -0.25) is 9.59 Å². The minimum Gasteiger partial charge on any atom is -0.480 e. The molecule has 0 aromatic heterocycles. The SMILES string of the molecule is O=C(O)CN(Cc1ccccc1)C(=O)C1C2CCC(C2)C1NC(=O)OCC1c2ccccc2-c2ccccc21. The van der Waals surface area contributed by atoms with E-state index < -0.39 is 18.0 Å². The zero-order valence-electron chi connectivity index (χ0n) is 21.7. The predicted molar refractivity (Wildman–Crippen MR) is 146 cm³/mol. The first-order chi connectivity index (χ1) is 19.0. The summed E-state index contributed by atoms with van der Waals surface area (Å²) in [6.45, 7) is 0.0508. The summed E-state index contributed by atoms with van der Waals surface area (Å²) >= 11 is 0. The van der Waals surface area contributed by atoms with Gasteiger partial charge in [0.25, 0.3) is 0 Å². The number of nitrogens with one attached hydrogen (secondary N) is 1. The van der Waals surface area contributed by atoms with E-state index in [0.29, 0.717) is 0 Å². The van der Waals surface area contributed by atoms with Crippen LogP contribution in [0.2, 0.25) is 0 Å². The zero-order valence-corrected chi connectivity index (χ0v) is 21.7. The highest BCUT2D eigenvalue weighted by molar-refractivity contribution is 5.85. The van der Waals surface area contributed by atoms with Crippen LogP contribution in [-0.2, 0) is 20.9 Å². The molecule has 0 saturated heterocycles. The maximum Gasteiger partial charge on any atom is 0.407 e. The molecule has 3 aromatic carbocycles. The molecule has 4 atom stereocenters. The molecule has 0 heterocycles. The van der Waals surface area contributed by atoms with Crippen LogP contribution in [0, 0.1) is 17.8 Å². The third-order valence-corrected chi connectivity index (χ3v) is 8.68. The Bertz CT molecular complexity index is 1340. The number of alkyl carbamates (subject to hydrolysis) is 1. The summed E-state index contributed by atoms with van der Waals surface area (Å²) in [5, 5.41) is 12.6. The number of hydrogen-bond donors (Lipinski definition) is 2. The molecule has 4 unspecified atom stereocenters. The number of carboxylic acids is 1. The summed E-state index contributed by atoms with van der Waals surface area (Å²) in [4.78, 5) is 39.9. The van der Waals surface area contributed by atoms with Crippen LogP contribution >= 0.6 is 0 Å². The average molecular weight is 525 g/mol. The molecule has 200 valence electrons. The van der Waals surface area contributed by atoms with E-state index in [2.05, 4.69) is 29.6 Å². The molecule has 2 amide bonds. The Kier molecular flexibility index (Phi) is 6.81. The van der Waals surface area contributed by atoms with E-state index in [4.69, 9.17) is 4.74 Å². The van der Waals surface area contributed by atoms with Gasteiger partial charge in [0.15, 0.2) is 0 Å². The lowest BCUT2D eigenvalue weighted by atomic mass is 9.83. The largest absolute Gasteiger partial charge is 0.480 e. The number of aliphatic carboxylic acids is 1. The Morgan fingerprint density at radius 1 is 0.846 bits per heavy atom. The van der Waals surface area contributed by atoms with Crippen LogP contribution in [0.1, 0.15) is 41.9 Å². The second kappa shape index (κ2) is 10.6. The number of hydrogen-bond acceptors (Lipinski definition) is 4. The van der Waals surface area contributed by atoms with Crippen LogP contribution in [0.3, 0.4) is 0 Å². The molecule has 6 rings (SSSR count). The maximum atomic E-state index is 13.8. The first-order valence-electron chi connectivity index (χ1n) is 13.7. The van der Waals surface area contributed by atoms with Crippen LogP contribution in [0.25, 0.3) is 11.1 Å². The minimum atomic E-state index is -1.05. The number of carbonyl (C=O) groups is 3. The molecule has 7 heteroatoms. The lowest BCUT2D eigenvalue weighted by Gasteiger charge is -2.34. The molecule has 2 bridgehead atoms. The number of ether oxygens (including phenoxy) is 1. The lowest BCUT2D eigenvalue weighted by Crippen LogP contribution is -2.51. The van der Waals surface area contributed by atoms with Gasteiger partial charge in [0.05, 0.1) is 5.92 Å². The molecular weight excluding hydrogens is 492 g/mol. The normalized spacial score (nSPS) is 22.7. The quantitative estimate of drug-likeness (QED) is 0.430. The van der Waals surface area contributed by atoms with E-state index in [1.54, 1.807) is 0 Å². The van der Waals surface area contributed by atoms with Gasteiger partial charge in [0.1, 0.15) is 13.2 Å². The van der Waals surface area contributed by atoms with E-state index >= 15 is 0 Å². The molecule has 39 heavy (non-hydrogen) atoms. The zero-order chi connectivity index (χ0) is 26.9. The highest BCUT2D eigenvalue weighted by atomic mass is 16.5. The van der Waals surface area contributed by atoms with Gasteiger partial charge in [-0.05, 0) is 58.9 Å². The number of benzene rings is 3. The summed E-state index contributed by atoms with van der Waals surface area (Å²) in [6, 6.07) is 25.4. The molecule has 0 spiro atoms. The van der Waals surface area contributed by atoms with Gasteiger partial charge >= 0.3 is 12.1 Å². The molecular formula is C32H32N2O5. The van der Waals surface area contributed by atoms with E-state index in [1.807, 2.05) is 54.6 Å². The van der Waals surface area contributed by atoms with Gasteiger partial charge in [-0.15, -0.1) is 0 Å². The van der Waals surface area contributed by atoms with E-state index in [9.17, 15) is 19.5 Å². The molecule has 0 radical (unpaired) electrons. The van der Waals surface area contributed by atoms with Gasteiger partial charge in [0.2, 0.25) is 5.91 Å². The molecule has 2 saturated carbocycles. The maximum absolute atomic E-state index is 13.8. The fourth-order valence-electron chi connectivity index (χ4n) is 7.02. The van der Waals surface area contributed by atoms with Crippen molar-refractivity contribution in [3.05, 3.63) is 95.6 Å². The van der Waals surface area contributed by atoms with Crippen molar-refractivity contribution in [2.75, 3.05) is 13.2 Å². The van der Waals surface area contributed by atoms with Gasteiger partial charge in [0, 0.05) is 18.5 Å². The Morgan fingerprint density at radius 2 is 1.46 bits per heavy atom. The molecule has 3 aromatic rings. The smallest absolute Gasteiger partial charge is 0.407 e. The third kappa shape index (κ3) is 4.89. The molecule has 3 aliphatic carbocycles. The highest BCUT2D eigenvalue weighted by Gasteiger charge is 2.52. The monoisotopic (exact) mass is 524 g/mol. The van der Waals surface area contributed by atoms with Crippen LogP contribution in [0.5, 0.6) is 0 Å². The molecule has 3 aliphatic rings. The summed E-state index contributed by atoms with van der Waals surface area (Å²) in [6.07, 6.45) is 2.19. The Hall–Kier alpha value is -4.13. The number of carbonyl (C=O) groups excluding carboxylic acids is 2. The van der Waals surface area contributed by atoms with Gasteiger partial charge in [-0.2, -0.15) is 0 Å². The molecule has 2 fully saturated rings. The predicted octanol–water partition coefficient (Wildman–Crippen LogP) is 5.05.